The summed E-state index contributed by atoms with van der Waals surface area (Å²) in [6, 6.07) is 51.2. The van der Waals surface area contributed by atoms with Crippen LogP contribution >= 0.6 is 34.8 Å². The molecule has 0 spiro atoms. The maximum atomic E-state index is 13.8. The number of aromatic amines is 2. The number of nitrogens with zero attached hydrogens (tertiary/aromatic N) is 7. The predicted octanol–water partition coefficient (Wildman–Crippen LogP) is 15.5. The Morgan fingerprint density at radius 1 is 0.462 bits per heavy atom. The van der Waals surface area contributed by atoms with E-state index in [0.29, 0.717) is 172 Å². The molecule has 0 radical (unpaired) electrons. The van der Waals surface area contributed by atoms with Crippen molar-refractivity contribution in [2.75, 3.05) is 106 Å². The van der Waals surface area contributed by atoms with Crippen molar-refractivity contribution < 1.29 is 58.3 Å². The molecule has 0 unspecified atom stereocenters. The van der Waals surface area contributed by atoms with E-state index in [1.54, 1.807) is 186 Å². The van der Waals surface area contributed by atoms with Crippen LogP contribution in [0, 0.1) is 0 Å². The number of rotatable bonds is 15. The Hall–Kier alpha value is -14.3. The van der Waals surface area contributed by atoms with Crippen molar-refractivity contribution in [2.45, 2.75) is 17.8 Å². The van der Waals surface area contributed by atoms with Crippen LogP contribution in [0.25, 0.3) is 59.9 Å². The van der Waals surface area contributed by atoms with E-state index in [4.69, 9.17) is 66.2 Å². The largest absolute Gasteiger partial charge is 0.507 e. The highest BCUT2D eigenvalue weighted by Crippen LogP contribution is 2.52. The molecule has 588 valence electrons. The maximum absolute atomic E-state index is 13.8. The summed E-state index contributed by atoms with van der Waals surface area (Å²) in [6.07, 6.45) is 6.39. The number of pyridine rings is 3. The highest BCUT2D eigenvalue weighted by molar-refractivity contribution is 6.22. The second kappa shape index (κ2) is 31.6. The number of alkyl halides is 3. The van der Waals surface area contributed by atoms with Crippen LogP contribution in [-0.2, 0) is 0 Å². The van der Waals surface area contributed by atoms with Gasteiger partial charge in [0.2, 0.25) is 0 Å². The first kappa shape index (κ1) is 76.7. The molecule has 18 rings (SSSR count). The maximum Gasteiger partial charge on any atom is 0.278 e. The van der Waals surface area contributed by atoms with Gasteiger partial charge in [-0.25, -0.2) is 15.0 Å². The molecular weight excluding hydrogens is 1550 g/mol. The van der Waals surface area contributed by atoms with E-state index in [1.807, 2.05) is 54.6 Å². The van der Waals surface area contributed by atoms with Gasteiger partial charge in [-0.2, -0.15) is 0 Å². The van der Waals surface area contributed by atoms with Crippen LogP contribution in [0.1, 0.15) is 97.0 Å². The third kappa shape index (κ3) is 14.4. The number of hydrogen-bond acceptors (Lipinski definition) is 18. The normalized spacial score (nSPS) is 14.5. The summed E-state index contributed by atoms with van der Waals surface area (Å²) in [7, 11) is 4.72. The highest BCUT2D eigenvalue weighted by atomic mass is 35.5. The van der Waals surface area contributed by atoms with E-state index >= 15 is 0 Å². The zero-order chi connectivity index (χ0) is 81.8. The molecule has 0 bridgehead atoms. The Kier molecular flexibility index (Phi) is 20.7. The molecule has 6 aromatic heterocycles. The van der Waals surface area contributed by atoms with Crippen LogP contribution in [0.15, 0.2) is 207 Å². The summed E-state index contributed by atoms with van der Waals surface area (Å²) >= 11 is 19.1. The monoisotopic (exact) mass is 1620 g/mol. The zero-order valence-corrected chi connectivity index (χ0v) is 64.9. The number of phenols is 3. The molecule has 3 aliphatic heterocycles. The number of ether oxygens (including phenoxy) is 3. The number of anilines is 9. The first-order valence-electron chi connectivity index (χ1n) is 36.7. The van der Waals surface area contributed by atoms with E-state index < -0.39 is 0 Å². The molecule has 30 heteroatoms. The quantitative estimate of drug-likeness (QED) is 0.0335. The number of methoxy groups -OCH3 is 3. The number of fused-ring (bicyclic) bond motifs is 12. The number of hydrogen-bond donors (Lipinski definition) is 11. The molecule has 0 fully saturated rings. The van der Waals surface area contributed by atoms with Crippen molar-refractivity contribution in [1.82, 2.24) is 29.3 Å². The summed E-state index contributed by atoms with van der Waals surface area (Å²) < 4.78 is 18.4. The van der Waals surface area contributed by atoms with Crippen molar-refractivity contribution in [3.63, 3.8) is 0 Å². The molecule has 3 atom stereocenters. The molecule has 9 aromatic carbocycles. The number of halogens is 3. The molecule has 0 saturated carbocycles. The number of nitrogens with one attached hydrogen (secondary N) is 5. The molecule has 9 heterocycles. The molecule has 0 aliphatic carbocycles. The number of aromatic nitrogens is 6. The number of imidazole rings is 1. The smallest absolute Gasteiger partial charge is 0.278 e. The Bertz CT molecular complexity index is 5920. The van der Waals surface area contributed by atoms with Gasteiger partial charge < -0.3 is 91.7 Å². The number of carbonyl (C=O) groups is 6. The van der Waals surface area contributed by atoms with Crippen LogP contribution in [0.2, 0.25) is 0 Å². The number of amides is 6. The van der Waals surface area contributed by atoms with E-state index in [9.17, 15) is 44.1 Å². The molecule has 15 aromatic rings. The van der Waals surface area contributed by atoms with Gasteiger partial charge in [0.05, 0.1) is 67.7 Å². The topological polar surface area (TPSA) is 389 Å². The molecule has 3 aliphatic rings. The lowest BCUT2D eigenvalue weighted by atomic mass is 9.94. The molecule has 27 nitrogen and oxygen atoms in total. The van der Waals surface area contributed by atoms with Crippen molar-refractivity contribution in [3.8, 4) is 34.5 Å². The minimum absolute atomic E-state index is 0.0483. The fourth-order valence-corrected chi connectivity index (χ4v) is 16.2. The van der Waals surface area contributed by atoms with Gasteiger partial charge in [-0.3, -0.25) is 28.8 Å². The summed E-state index contributed by atoms with van der Waals surface area (Å²) in [5.41, 5.74) is 28.1. The lowest BCUT2D eigenvalue weighted by Gasteiger charge is -2.18. The van der Waals surface area contributed by atoms with Gasteiger partial charge in [0.25, 0.3) is 35.4 Å². The van der Waals surface area contributed by atoms with Gasteiger partial charge in [-0.15, -0.1) is 34.8 Å². The van der Waals surface area contributed by atoms with Gasteiger partial charge in [0.1, 0.15) is 68.7 Å². The Morgan fingerprint density at radius 3 is 1.32 bits per heavy atom. The van der Waals surface area contributed by atoms with Crippen LogP contribution in [0.4, 0.5) is 51.3 Å². The fourth-order valence-electron chi connectivity index (χ4n) is 15.4. The van der Waals surface area contributed by atoms with Gasteiger partial charge >= 0.3 is 0 Å². The minimum atomic E-state index is -0.325. The number of benzene rings is 9. The number of phenolic OH excluding ortho intramolecular Hbond substituents is 3. The van der Waals surface area contributed by atoms with E-state index in [-0.39, 0.29) is 82.0 Å². The lowest BCUT2D eigenvalue weighted by molar-refractivity contribution is 0.0976. The van der Waals surface area contributed by atoms with E-state index in [0.717, 1.165) is 32.8 Å². The fraction of sp³-hybridized carbons (Fsp3) is 0.138. The number of carbonyl (C=O) groups excluding carboxylic acids is 6. The summed E-state index contributed by atoms with van der Waals surface area (Å²) in [5, 5.41) is 46.4. The van der Waals surface area contributed by atoms with Gasteiger partial charge in [-0.05, 0) is 144 Å². The molecule has 14 N–H and O–H groups in total. The van der Waals surface area contributed by atoms with Gasteiger partial charge in [0.15, 0.2) is 0 Å². The van der Waals surface area contributed by atoms with Crippen molar-refractivity contribution in [1.29, 1.82) is 0 Å². The van der Waals surface area contributed by atoms with Crippen LogP contribution in [0.5, 0.6) is 34.5 Å². The predicted molar refractivity (Wildman–Crippen MR) is 456 cm³/mol. The first-order valence-corrected chi connectivity index (χ1v) is 38.3. The second-order valence-electron chi connectivity index (χ2n) is 28.2. The van der Waals surface area contributed by atoms with Crippen molar-refractivity contribution in [2.24, 2.45) is 0 Å². The van der Waals surface area contributed by atoms with Crippen LogP contribution in [0.3, 0.4) is 0 Å². The SMILES string of the molecule is COc1cccc2c(O)cc3c(c12)[C@H](CCl)CN3C(=O)c1cc2cc(NC(=O)c3ccc(N)cc3)cnc2[nH]1.COc1cccc2c(O)cc3c(c12)[C@H](CCl)CN3C(=O)c1cc2cc(NC(=O)c3ccc(N)cc3)ncc2[nH]1.COc1cccc2c(O)cc3c(c12)[C@H](CCl)CN3C(=O)c1cn2cc(NC(=O)c3ccc(N)cc3)ccc2n1. The molecule has 0 saturated heterocycles. The lowest BCUT2D eigenvalue weighted by Crippen LogP contribution is -2.30. The third-order valence-electron chi connectivity index (χ3n) is 21.0. The number of H-pyrrole nitrogens is 2. The summed E-state index contributed by atoms with van der Waals surface area (Å²) in [4.78, 5) is 103. The third-order valence-corrected chi connectivity index (χ3v) is 22.1. The first-order chi connectivity index (χ1) is 56.6. The summed E-state index contributed by atoms with van der Waals surface area (Å²) in [6.45, 7) is 1.04. The molecular formula is C87H72Cl3N15O12. The van der Waals surface area contributed by atoms with Crippen molar-refractivity contribution in [3.05, 3.63) is 257 Å². The van der Waals surface area contributed by atoms with Crippen molar-refractivity contribution >= 4 is 181 Å². The number of nitrogen functional groups attached to an aromatic ring is 3. The Morgan fingerprint density at radius 2 is 0.880 bits per heavy atom. The number of aromatic hydroxyl groups is 3. The highest BCUT2D eigenvalue weighted by Gasteiger charge is 2.40. The number of nitrogens with two attached hydrogens (primary N) is 3. The minimum Gasteiger partial charge on any atom is -0.507 e. The standard InChI is InChI=1S/3C29H24ClN5O4/c1-39-24-4-2-3-20-23(36)11-22-25(26(20)24)17(12-30)14-35(22)29(38)21-10-16-9-19(13-32-27(16)34-21)33-28(37)15-5-7-18(31)8-6-15;1-39-24-4-2-3-19-23(36)11-22-26(27(19)24)17(12-30)14-35(22)29(38)20-9-16-10-25(32-13-21(16)33-20)34-28(37)15-5-7-18(31)8-6-15;1-39-24-4-2-3-20-23(36)11-22-26(27(20)24)17(12-30)13-35(22)29(38)21-15-34-14-19(9-10-25(34)33-21)32-28(37)16-5-7-18(31)8-6-16/h2-11,13,17,36H,12,14,31H2,1H3,(H,32,34)(H,33,37);2-11,13,17,33,36H,12,14,31H2,1H3,(H,32,34,37);2-11,14-15,17,36H,12-13,31H2,1H3,(H,32,37)/t3*17-/m111/s1. The van der Waals surface area contributed by atoms with Crippen LogP contribution in [-0.4, -0.2) is 139 Å². The molecule has 117 heavy (non-hydrogen) atoms. The Labute approximate surface area is 681 Å². The Balaban J connectivity index is 0.000000131. The summed E-state index contributed by atoms with van der Waals surface area (Å²) in [5.74, 6) is 0.938. The van der Waals surface area contributed by atoms with Crippen LogP contribution < -0.4 is 62.1 Å². The average Bonchev–Trinajstić information content (AvgIpc) is 1.61. The molecule has 6 amide bonds. The van der Waals surface area contributed by atoms with E-state index in [2.05, 4.69) is 40.9 Å². The second-order valence-corrected chi connectivity index (χ2v) is 29.1. The van der Waals surface area contributed by atoms with Gasteiger partial charge in [-0.1, -0.05) is 36.4 Å². The average molecular weight is 1630 g/mol. The van der Waals surface area contributed by atoms with Gasteiger partial charge in [0, 0.05) is 162 Å². The zero-order valence-electron chi connectivity index (χ0n) is 62.6. The van der Waals surface area contributed by atoms with E-state index in [1.165, 1.54) is 6.20 Å².